The molecule has 6 heteroatoms. The first-order chi connectivity index (χ1) is 9.81. The van der Waals surface area contributed by atoms with E-state index in [4.69, 9.17) is 0 Å². The van der Waals surface area contributed by atoms with E-state index in [2.05, 4.69) is 15.4 Å². The molecule has 2 unspecified atom stereocenters. The van der Waals surface area contributed by atoms with Crippen LogP contribution in [-0.2, 0) is 4.79 Å². The lowest BCUT2D eigenvalue weighted by atomic mass is 10.1. The summed E-state index contributed by atoms with van der Waals surface area (Å²) in [5.41, 5.74) is 3.87. The van der Waals surface area contributed by atoms with Gasteiger partial charge in [0.1, 0.15) is 0 Å². The molecule has 0 radical (unpaired) electrons. The van der Waals surface area contributed by atoms with Crippen LogP contribution in [0.4, 0.5) is 0 Å². The monoisotopic (exact) mass is 289 g/mol. The highest BCUT2D eigenvalue weighted by Crippen LogP contribution is 2.18. The van der Waals surface area contributed by atoms with E-state index in [1.54, 1.807) is 19.0 Å². The fourth-order valence-electron chi connectivity index (χ4n) is 2.52. The van der Waals surface area contributed by atoms with Crippen molar-refractivity contribution in [2.75, 3.05) is 14.1 Å². The van der Waals surface area contributed by atoms with Gasteiger partial charge in [-0.25, -0.2) is 9.50 Å². The molecule has 2 rings (SSSR count). The summed E-state index contributed by atoms with van der Waals surface area (Å²) in [5.74, 6) is 0.0588. The van der Waals surface area contributed by atoms with Crippen LogP contribution < -0.4 is 5.32 Å². The topological polar surface area (TPSA) is 62.5 Å². The molecule has 0 bridgehead atoms. The van der Waals surface area contributed by atoms with Gasteiger partial charge in [0.15, 0.2) is 5.65 Å². The lowest BCUT2D eigenvalue weighted by Gasteiger charge is -2.23. The number of aromatic nitrogens is 3. The minimum atomic E-state index is -0.246. The Kier molecular flexibility index (Phi) is 4.27. The number of rotatable bonds is 4. The molecule has 0 spiro atoms. The molecule has 6 nitrogen and oxygen atoms in total. The Morgan fingerprint density at radius 2 is 2.00 bits per heavy atom. The van der Waals surface area contributed by atoms with E-state index in [0.717, 1.165) is 22.6 Å². The van der Waals surface area contributed by atoms with Crippen molar-refractivity contribution >= 4 is 11.6 Å². The molecule has 2 aromatic heterocycles. The molecule has 2 atom stereocenters. The van der Waals surface area contributed by atoms with Gasteiger partial charge in [0.25, 0.3) is 0 Å². The summed E-state index contributed by atoms with van der Waals surface area (Å²) in [7, 11) is 3.52. The summed E-state index contributed by atoms with van der Waals surface area (Å²) in [6, 6.07) is 1.72. The Bertz CT molecular complexity index is 661. The number of hydrogen-bond donors (Lipinski definition) is 1. The van der Waals surface area contributed by atoms with Crippen LogP contribution in [0.3, 0.4) is 0 Å². The van der Waals surface area contributed by atoms with E-state index in [1.165, 1.54) is 0 Å². The number of hydrogen-bond acceptors (Lipinski definition) is 4. The largest absolute Gasteiger partial charge is 0.347 e. The van der Waals surface area contributed by atoms with Gasteiger partial charge in [0.05, 0.1) is 11.7 Å². The Balaban J connectivity index is 2.25. The third-order valence-electron chi connectivity index (χ3n) is 3.66. The minimum absolute atomic E-state index is 0.0188. The zero-order valence-corrected chi connectivity index (χ0v) is 13.5. The summed E-state index contributed by atoms with van der Waals surface area (Å²) in [6.45, 7) is 7.88. The Morgan fingerprint density at radius 3 is 2.62 bits per heavy atom. The lowest BCUT2D eigenvalue weighted by molar-refractivity contribution is -0.130. The number of carbonyl (C=O) groups excluding carboxylic acids is 1. The molecule has 2 heterocycles. The first-order valence-corrected chi connectivity index (χ1v) is 7.10. The number of fused-ring (bicyclic) bond motifs is 1. The molecule has 21 heavy (non-hydrogen) atoms. The van der Waals surface area contributed by atoms with Crippen molar-refractivity contribution in [3.63, 3.8) is 0 Å². The normalized spacial score (nSPS) is 14.2. The Morgan fingerprint density at radius 1 is 1.33 bits per heavy atom. The van der Waals surface area contributed by atoms with Gasteiger partial charge in [-0.05, 0) is 27.7 Å². The molecule has 114 valence electrons. The molecule has 0 saturated carbocycles. The van der Waals surface area contributed by atoms with Crippen molar-refractivity contribution in [2.45, 2.75) is 39.8 Å². The predicted molar refractivity (Wildman–Crippen MR) is 82.2 cm³/mol. The van der Waals surface area contributed by atoms with Gasteiger partial charge < -0.3 is 4.90 Å². The first-order valence-electron chi connectivity index (χ1n) is 7.10. The van der Waals surface area contributed by atoms with Crippen LogP contribution in [-0.4, -0.2) is 45.5 Å². The maximum absolute atomic E-state index is 11.9. The van der Waals surface area contributed by atoms with Crippen LogP contribution >= 0.6 is 0 Å². The molecule has 0 aliphatic rings. The van der Waals surface area contributed by atoms with E-state index in [1.807, 2.05) is 44.5 Å². The molecule has 0 aliphatic heterocycles. The molecule has 0 aromatic carbocycles. The van der Waals surface area contributed by atoms with E-state index < -0.39 is 0 Å². The maximum atomic E-state index is 11.9. The Hall–Kier alpha value is -1.95. The van der Waals surface area contributed by atoms with Crippen molar-refractivity contribution in [3.8, 4) is 0 Å². The van der Waals surface area contributed by atoms with Crippen LogP contribution in [0.15, 0.2) is 12.3 Å². The van der Waals surface area contributed by atoms with Gasteiger partial charge in [0.2, 0.25) is 5.91 Å². The van der Waals surface area contributed by atoms with Crippen molar-refractivity contribution in [2.24, 2.45) is 0 Å². The molecule has 1 amide bonds. The molecular formula is C15H23N5O. The Labute approximate surface area is 125 Å². The van der Waals surface area contributed by atoms with Gasteiger partial charge in [-0.1, -0.05) is 0 Å². The average Bonchev–Trinajstić information content (AvgIpc) is 2.79. The number of nitrogens with one attached hydrogen (secondary N) is 1. The highest BCUT2D eigenvalue weighted by atomic mass is 16.2. The molecule has 0 aliphatic carbocycles. The first kappa shape index (κ1) is 15.4. The summed E-state index contributed by atoms with van der Waals surface area (Å²) < 4.78 is 1.85. The van der Waals surface area contributed by atoms with Crippen LogP contribution in [0.25, 0.3) is 5.65 Å². The van der Waals surface area contributed by atoms with E-state index >= 15 is 0 Å². The molecule has 0 fully saturated rings. The highest BCUT2D eigenvalue weighted by molar-refractivity contribution is 5.80. The van der Waals surface area contributed by atoms with Gasteiger partial charge >= 0.3 is 0 Å². The second-order valence-corrected chi connectivity index (χ2v) is 5.70. The fourth-order valence-corrected chi connectivity index (χ4v) is 2.52. The minimum Gasteiger partial charge on any atom is -0.347 e. The van der Waals surface area contributed by atoms with Crippen molar-refractivity contribution in [3.05, 3.63) is 29.2 Å². The number of amides is 1. The van der Waals surface area contributed by atoms with Crippen molar-refractivity contribution in [1.82, 2.24) is 24.8 Å². The standard InChI is InChI=1S/C15H23N5O/c1-9-7-14-16-8-13(12(4)20(14)18-9)10(2)17-11(3)15(21)19(5)6/h7-8,10-11,17H,1-6H3. The third kappa shape index (κ3) is 3.05. The third-order valence-corrected chi connectivity index (χ3v) is 3.66. The number of nitrogens with zero attached hydrogens (tertiary/aromatic N) is 4. The van der Waals surface area contributed by atoms with E-state index in [-0.39, 0.29) is 18.0 Å². The smallest absolute Gasteiger partial charge is 0.238 e. The predicted octanol–water partition coefficient (Wildman–Crippen LogP) is 1.47. The van der Waals surface area contributed by atoms with Gasteiger partial charge in [-0.15, -0.1) is 0 Å². The zero-order chi connectivity index (χ0) is 15.7. The van der Waals surface area contributed by atoms with Gasteiger partial charge in [0, 0.05) is 43.7 Å². The SMILES string of the molecule is Cc1cc2ncc(C(C)NC(C)C(=O)N(C)C)c(C)n2n1. The number of carbonyl (C=O) groups is 1. The second kappa shape index (κ2) is 5.81. The van der Waals surface area contributed by atoms with Gasteiger partial charge in [-0.3, -0.25) is 10.1 Å². The molecule has 1 N–H and O–H groups in total. The molecular weight excluding hydrogens is 266 g/mol. The van der Waals surface area contributed by atoms with Crippen LogP contribution in [0, 0.1) is 13.8 Å². The van der Waals surface area contributed by atoms with Crippen molar-refractivity contribution in [1.29, 1.82) is 0 Å². The second-order valence-electron chi connectivity index (χ2n) is 5.70. The maximum Gasteiger partial charge on any atom is 0.238 e. The van der Waals surface area contributed by atoms with Gasteiger partial charge in [-0.2, -0.15) is 5.10 Å². The van der Waals surface area contributed by atoms with Crippen LogP contribution in [0.1, 0.15) is 36.8 Å². The summed E-state index contributed by atoms with van der Waals surface area (Å²) in [5, 5.41) is 7.77. The lowest BCUT2D eigenvalue weighted by Crippen LogP contribution is -2.42. The summed E-state index contributed by atoms with van der Waals surface area (Å²) in [6.07, 6.45) is 1.86. The highest BCUT2D eigenvalue weighted by Gasteiger charge is 2.20. The van der Waals surface area contributed by atoms with E-state index in [0.29, 0.717) is 0 Å². The quantitative estimate of drug-likeness (QED) is 0.926. The summed E-state index contributed by atoms with van der Waals surface area (Å²) in [4.78, 5) is 18.0. The summed E-state index contributed by atoms with van der Waals surface area (Å²) >= 11 is 0. The fraction of sp³-hybridized carbons (Fsp3) is 0.533. The average molecular weight is 289 g/mol. The van der Waals surface area contributed by atoms with Crippen molar-refractivity contribution < 1.29 is 4.79 Å². The molecule has 2 aromatic rings. The number of likely N-dealkylation sites (N-methyl/N-ethyl adjacent to an activating group) is 1. The van der Waals surface area contributed by atoms with Crippen LogP contribution in [0.2, 0.25) is 0 Å². The van der Waals surface area contributed by atoms with E-state index in [9.17, 15) is 4.79 Å². The zero-order valence-electron chi connectivity index (χ0n) is 13.5. The van der Waals surface area contributed by atoms with Crippen LogP contribution in [0.5, 0.6) is 0 Å². The molecule has 0 saturated heterocycles. The number of aryl methyl sites for hydroxylation is 2.